The summed E-state index contributed by atoms with van der Waals surface area (Å²) < 4.78 is 0. The second-order valence-electron chi connectivity index (χ2n) is 2.71. The zero-order chi connectivity index (χ0) is 10.6. The lowest BCUT2D eigenvalue weighted by molar-refractivity contribution is 0.254. The first kappa shape index (κ1) is 10.8. The minimum atomic E-state index is -0.268. The van der Waals surface area contributed by atoms with Crippen molar-refractivity contribution in [1.29, 1.82) is 0 Å². The molecule has 1 aromatic rings. The van der Waals surface area contributed by atoms with Crippen LogP contribution in [0.3, 0.4) is 0 Å². The maximum atomic E-state index is 11.0. The third-order valence-electron chi connectivity index (χ3n) is 1.75. The lowest BCUT2D eigenvalue weighted by Crippen LogP contribution is -2.24. The molecule has 0 aliphatic rings. The monoisotopic (exact) mass is 213 g/mol. The molecule has 0 heterocycles. The van der Waals surface area contributed by atoms with E-state index < -0.39 is 0 Å². The summed E-state index contributed by atoms with van der Waals surface area (Å²) in [7, 11) is 1.55. The summed E-state index contributed by atoms with van der Waals surface area (Å²) in [4.78, 5) is 11.0. The van der Waals surface area contributed by atoms with Gasteiger partial charge in [0, 0.05) is 24.3 Å². The van der Waals surface area contributed by atoms with Crippen molar-refractivity contribution >= 4 is 23.3 Å². The Labute approximate surface area is 87.4 Å². The standard InChI is InChI=1S/C9H12ClN3O/c1-12-9(14)13-7-2-3-8(10)6(4-7)5-11/h2-4H,5,11H2,1H3,(H2,12,13,14). The van der Waals surface area contributed by atoms with Gasteiger partial charge in [0.15, 0.2) is 0 Å². The van der Waals surface area contributed by atoms with Crippen molar-refractivity contribution in [3.8, 4) is 0 Å². The molecule has 2 amide bonds. The largest absolute Gasteiger partial charge is 0.341 e. The molecule has 4 N–H and O–H groups in total. The van der Waals surface area contributed by atoms with Gasteiger partial charge >= 0.3 is 6.03 Å². The van der Waals surface area contributed by atoms with Gasteiger partial charge in [0.05, 0.1) is 0 Å². The summed E-state index contributed by atoms with van der Waals surface area (Å²) in [5.41, 5.74) is 6.95. The highest BCUT2D eigenvalue weighted by Crippen LogP contribution is 2.19. The number of urea groups is 1. The molecule has 0 unspecified atom stereocenters. The molecule has 0 radical (unpaired) electrons. The Morgan fingerprint density at radius 3 is 2.86 bits per heavy atom. The number of nitrogens with one attached hydrogen (secondary N) is 2. The van der Waals surface area contributed by atoms with Crippen LogP contribution in [0.4, 0.5) is 10.5 Å². The molecule has 0 aromatic heterocycles. The number of hydrogen-bond donors (Lipinski definition) is 3. The fraction of sp³-hybridized carbons (Fsp3) is 0.222. The van der Waals surface area contributed by atoms with E-state index in [1.165, 1.54) is 0 Å². The topological polar surface area (TPSA) is 67.2 Å². The molecule has 5 heteroatoms. The number of halogens is 1. The Hall–Kier alpha value is -1.26. The number of nitrogens with two attached hydrogens (primary N) is 1. The fourth-order valence-electron chi connectivity index (χ4n) is 1.00. The molecule has 0 atom stereocenters. The molecule has 76 valence electrons. The predicted octanol–water partition coefficient (Wildman–Crippen LogP) is 1.55. The number of rotatable bonds is 2. The van der Waals surface area contributed by atoms with Crippen LogP contribution in [0.15, 0.2) is 18.2 Å². The van der Waals surface area contributed by atoms with E-state index >= 15 is 0 Å². The average molecular weight is 214 g/mol. The number of benzene rings is 1. The van der Waals surface area contributed by atoms with Crippen molar-refractivity contribution in [1.82, 2.24) is 5.32 Å². The van der Waals surface area contributed by atoms with Gasteiger partial charge in [0.2, 0.25) is 0 Å². The Morgan fingerprint density at radius 2 is 2.29 bits per heavy atom. The van der Waals surface area contributed by atoms with E-state index in [1.807, 2.05) is 0 Å². The zero-order valence-corrected chi connectivity index (χ0v) is 8.56. The molecule has 0 bridgehead atoms. The Balaban J connectivity index is 2.84. The van der Waals surface area contributed by atoms with Crippen LogP contribution in [0.2, 0.25) is 5.02 Å². The highest BCUT2D eigenvalue weighted by molar-refractivity contribution is 6.31. The van der Waals surface area contributed by atoms with Crippen LogP contribution >= 0.6 is 11.6 Å². The quantitative estimate of drug-likeness (QED) is 0.698. The van der Waals surface area contributed by atoms with Gasteiger partial charge in [-0.25, -0.2) is 4.79 Å². The van der Waals surface area contributed by atoms with Crippen LogP contribution in [-0.2, 0) is 6.54 Å². The molecule has 0 saturated heterocycles. The second kappa shape index (κ2) is 4.83. The SMILES string of the molecule is CNC(=O)Nc1ccc(Cl)c(CN)c1. The van der Waals surface area contributed by atoms with Crippen molar-refractivity contribution in [2.75, 3.05) is 12.4 Å². The molecule has 0 aliphatic carbocycles. The van der Waals surface area contributed by atoms with Gasteiger partial charge in [-0.1, -0.05) is 11.6 Å². The van der Waals surface area contributed by atoms with Crippen molar-refractivity contribution in [3.63, 3.8) is 0 Å². The van der Waals surface area contributed by atoms with Crippen LogP contribution < -0.4 is 16.4 Å². The number of carbonyl (C=O) groups excluding carboxylic acids is 1. The van der Waals surface area contributed by atoms with Gasteiger partial charge in [0.1, 0.15) is 0 Å². The Bertz CT molecular complexity index is 341. The van der Waals surface area contributed by atoms with Gasteiger partial charge < -0.3 is 16.4 Å². The summed E-state index contributed by atoms with van der Waals surface area (Å²) in [6.45, 7) is 0.349. The van der Waals surface area contributed by atoms with Crippen molar-refractivity contribution < 1.29 is 4.79 Å². The summed E-state index contributed by atoms with van der Waals surface area (Å²) in [6.07, 6.45) is 0. The summed E-state index contributed by atoms with van der Waals surface area (Å²) >= 11 is 5.86. The fourth-order valence-corrected chi connectivity index (χ4v) is 1.20. The smallest absolute Gasteiger partial charge is 0.318 e. The molecule has 0 saturated carbocycles. The van der Waals surface area contributed by atoms with Crippen LogP contribution in [0.25, 0.3) is 0 Å². The van der Waals surface area contributed by atoms with Crippen LogP contribution in [-0.4, -0.2) is 13.1 Å². The summed E-state index contributed by atoms with van der Waals surface area (Å²) in [5, 5.41) is 5.69. The number of hydrogen-bond acceptors (Lipinski definition) is 2. The first-order chi connectivity index (χ1) is 6.67. The molecular formula is C9H12ClN3O. The van der Waals surface area contributed by atoms with Crippen molar-refractivity contribution in [2.45, 2.75) is 6.54 Å². The minimum absolute atomic E-state index is 0.268. The van der Waals surface area contributed by atoms with Gasteiger partial charge in [-0.15, -0.1) is 0 Å². The molecule has 0 spiro atoms. The highest BCUT2D eigenvalue weighted by Gasteiger charge is 2.02. The van der Waals surface area contributed by atoms with Gasteiger partial charge in [-0.05, 0) is 23.8 Å². The van der Waals surface area contributed by atoms with Gasteiger partial charge in [-0.2, -0.15) is 0 Å². The number of anilines is 1. The first-order valence-corrected chi connectivity index (χ1v) is 4.52. The minimum Gasteiger partial charge on any atom is -0.341 e. The van der Waals surface area contributed by atoms with E-state index in [1.54, 1.807) is 25.2 Å². The van der Waals surface area contributed by atoms with E-state index in [0.717, 1.165) is 5.56 Å². The molecule has 1 rings (SSSR count). The Morgan fingerprint density at radius 1 is 1.57 bits per heavy atom. The molecule has 0 fully saturated rings. The molecular weight excluding hydrogens is 202 g/mol. The zero-order valence-electron chi connectivity index (χ0n) is 7.80. The number of carbonyl (C=O) groups is 1. The average Bonchev–Trinajstić information content (AvgIpc) is 2.20. The van der Waals surface area contributed by atoms with E-state index in [2.05, 4.69) is 10.6 Å². The van der Waals surface area contributed by atoms with Gasteiger partial charge in [0.25, 0.3) is 0 Å². The number of amides is 2. The lowest BCUT2D eigenvalue weighted by atomic mass is 10.2. The van der Waals surface area contributed by atoms with E-state index in [9.17, 15) is 4.79 Å². The molecule has 4 nitrogen and oxygen atoms in total. The Kier molecular flexibility index (Phi) is 3.73. The van der Waals surface area contributed by atoms with Crippen LogP contribution in [0, 0.1) is 0 Å². The third-order valence-corrected chi connectivity index (χ3v) is 2.12. The maximum Gasteiger partial charge on any atom is 0.318 e. The van der Waals surface area contributed by atoms with Crippen molar-refractivity contribution in [3.05, 3.63) is 28.8 Å². The summed E-state index contributed by atoms with van der Waals surface area (Å²) in [5.74, 6) is 0. The van der Waals surface area contributed by atoms with Crippen LogP contribution in [0.1, 0.15) is 5.56 Å². The maximum absolute atomic E-state index is 11.0. The highest BCUT2D eigenvalue weighted by atomic mass is 35.5. The molecule has 0 aliphatic heterocycles. The third kappa shape index (κ3) is 2.61. The van der Waals surface area contributed by atoms with E-state index in [0.29, 0.717) is 17.3 Å². The predicted molar refractivity (Wildman–Crippen MR) is 57.4 cm³/mol. The second-order valence-corrected chi connectivity index (χ2v) is 3.12. The van der Waals surface area contributed by atoms with Gasteiger partial charge in [-0.3, -0.25) is 0 Å². The lowest BCUT2D eigenvalue weighted by Gasteiger charge is -2.07. The van der Waals surface area contributed by atoms with E-state index in [-0.39, 0.29) is 6.03 Å². The van der Waals surface area contributed by atoms with E-state index in [4.69, 9.17) is 17.3 Å². The summed E-state index contributed by atoms with van der Waals surface area (Å²) in [6, 6.07) is 4.90. The van der Waals surface area contributed by atoms with Crippen molar-refractivity contribution in [2.24, 2.45) is 5.73 Å². The first-order valence-electron chi connectivity index (χ1n) is 4.14. The molecule has 1 aromatic carbocycles. The van der Waals surface area contributed by atoms with Crippen LogP contribution in [0.5, 0.6) is 0 Å². The molecule has 14 heavy (non-hydrogen) atoms. The normalized spacial score (nSPS) is 9.64.